The van der Waals surface area contributed by atoms with Crippen LogP contribution in [0.25, 0.3) is 0 Å². The summed E-state index contributed by atoms with van der Waals surface area (Å²) < 4.78 is 26.4. The lowest BCUT2D eigenvalue weighted by molar-refractivity contribution is 0.155. The van der Waals surface area contributed by atoms with Gasteiger partial charge in [0.2, 0.25) is 5.95 Å². The first-order chi connectivity index (χ1) is 12.2. The van der Waals surface area contributed by atoms with Crippen LogP contribution in [0.1, 0.15) is 95.5 Å². The summed E-state index contributed by atoms with van der Waals surface area (Å²) in [6, 6.07) is 1.36. The van der Waals surface area contributed by atoms with E-state index in [0.717, 1.165) is 36.2 Å². The number of rotatable bonds is 6. The van der Waals surface area contributed by atoms with Gasteiger partial charge in [-0.25, -0.2) is 9.37 Å². The maximum Gasteiger partial charge on any atom is 0.248 e. The van der Waals surface area contributed by atoms with Gasteiger partial charge in [0.1, 0.15) is 0 Å². The average Bonchev–Trinajstić information content (AvgIpc) is 2.65. The maximum absolute atomic E-state index is 13.4. The number of unbranched alkanes of at least 4 members (excludes halogenated alkanes) is 2. The van der Waals surface area contributed by atoms with Crippen LogP contribution < -0.4 is 0 Å². The summed E-state index contributed by atoms with van der Waals surface area (Å²) in [6.45, 7) is 2.28. The minimum atomic E-state index is -0.979. The maximum atomic E-state index is 13.4. The molecule has 1 aromatic rings. The zero-order chi connectivity index (χ0) is 17.6. The fourth-order valence-electron chi connectivity index (χ4n) is 5.21. The first-order valence-corrected chi connectivity index (χ1v) is 10.5. The van der Waals surface area contributed by atoms with Crippen molar-refractivity contribution in [2.45, 2.75) is 89.9 Å². The highest BCUT2D eigenvalue weighted by atomic mass is 19.2. The Labute approximate surface area is 151 Å². The van der Waals surface area contributed by atoms with E-state index in [-0.39, 0.29) is 0 Å². The van der Waals surface area contributed by atoms with Crippen molar-refractivity contribution >= 4 is 0 Å². The van der Waals surface area contributed by atoms with Gasteiger partial charge < -0.3 is 0 Å². The number of pyridine rings is 1. The molecule has 0 spiro atoms. The van der Waals surface area contributed by atoms with E-state index in [2.05, 4.69) is 11.9 Å². The molecule has 0 aliphatic heterocycles. The largest absolute Gasteiger partial charge is 0.248 e. The smallest absolute Gasteiger partial charge is 0.225 e. The van der Waals surface area contributed by atoms with Gasteiger partial charge >= 0.3 is 0 Å². The molecular formula is C22H33F2N. The van der Waals surface area contributed by atoms with Gasteiger partial charge in [0, 0.05) is 6.20 Å². The van der Waals surface area contributed by atoms with Gasteiger partial charge in [0.05, 0.1) is 0 Å². The van der Waals surface area contributed by atoms with Crippen LogP contribution in [0.15, 0.2) is 12.3 Å². The summed E-state index contributed by atoms with van der Waals surface area (Å²) in [4.78, 5) is 3.56. The molecule has 140 valence electrons. The number of hydrogen-bond donors (Lipinski definition) is 0. The van der Waals surface area contributed by atoms with E-state index in [0.29, 0.717) is 5.92 Å². The van der Waals surface area contributed by atoms with Crippen LogP contribution in [0.3, 0.4) is 0 Å². The highest BCUT2D eigenvalue weighted by Gasteiger charge is 2.31. The molecule has 1 nitrogen and oxygen atoms in total. The summed E-state index contributed by atoms with van der Waals surface area (Å²) in [5, 5.41) is 0. The Hall–Kier alpha value is -0.990. The molecule has 0 atom stereocenters. The summed E-state index contributed by atoms with van der Waals surface area (Å²) in [5.41, 5.74) is 0.886. The second-order valence-corrected chi connectivity index (χ2v) is 8.43. The van der Waals surface area contributed by atoms with Crippen LogP contribution >= 0.6 is 0 Å². The van der Waals surface area contributed by atoms with Crippen LogP contribution in [-0.4, -0.2) is 4.98 Å². The summed E-state index contributed by atoms with van der Waals surface area (Å²) in [6.07, 6.45) is 17.5. The van der Waals surface area contributed by atoms with Crippen molar-refractivity contribution < 1.29 is 8.78 Å². The molecule has 0 unspecified atom stereocenters. The topological polar surface area (TPSA) is 12.9 Å². The summed E-state index contributed by atoms with van der Waals surface area (Å²) >= 11 is 0. The van der Waals surface area contributed by atoms with E-state index in [9.17, 15) is 8.78 Å². The zero-order valence-corrected chi connectivity index (χ0v) is 15.7. The van der Waals surface area contributed by atoms with Crippen molar-refractivity contribution in [1.82, 2.24) is 4.98 Å². The minimum absolute atomic E-state index is 0.365. The van der Waals surface area contributed by atoms with Crippen molar-refractivity contribution in [2.24, 2.45) is 17.8 Å². The summed E-state index contributed by atoms with van der Waals surface area (Å²) in [7, 11) is 0. The Morgan fingerprint density at radius 1 is 0.920 bits per heavy atom. The Morgan fingerprint density at radius 2 is 1.56 bits per heavy atom. The molecule has 0 N–H and O–H groups in total. The van der Waals surface area contributed by atoms with Crippen LogP contribution in [0, 0.1) is 29.5 Å². The molecule has 1 heterocycles. The highest BCUT2D eigenvalue weighted by Crippen LogP contribution is 2.44. The number of aromatic nitrogens is 1. The van der Waals surface area contributed by atoms with E-state index in [1.165, 1.54) is 76.5 Å². The molecule has 0 amide bonds. The fraction of sp³-hybridized carbons (Fsp3) is 0.773. The molecule has 2 aliphatic rings. The van der Waals surface area contributed by atoms with Gasteiger partial charge in [-0.15, -0.1) is 0 Å². The van der Waals surface area contributed by atoms with E-state index in [1.54, 1.807) is 0 Å². The first-order valence-electron chi connectivity index (χ1n) is 10.5. The van der Waals surface area contributed by atoms with Crippen molar-refractivity contribution in [1.29, 1.82) is 0 Å². The Morgan fingerprint density at radius 3 is 2.16 bits per heavy atom. The second-order valence-electron chi connectivity index (χ2n) is 8.43. The normalized spacial score (nSPS) is 30.4. The molecule has 0 aromatic carbocycles. The molecule has 0 radical (unpaired) electrons. The molecule has 2 saturated carbocycles. The minimum Gasteiger partial charge on any atom is -0.225 e. The zero-order valence-electron chi connectivity index (χ0n) is 15.7. The van der Waals surface area contributed by atoms with Crippen LogP contribution in [-0.2, 0) is 0 Å². The molecule has 3 heteroatoms. The molecule has 0 bridgehead atoms. The van der Waals surface area contributed by atoms with Gasteiger partial charge in [-0.3, -0.25) is 0 Å². The first kappa shape index (κ1) is 18.8. The molecule has 25 heavy (non-hydrogen) atoms. The Bertz CT molecular complexity index is 529. The third-order valence-corrected chi connectivity index (χ3v) is 6.83. The number of nitrogens with zero attached hydrogens (tertiary/aromatic N) is 1. The molecule has 3 rings (SSSR count). The van der Waals surface area contributed by atoms with Crippen molar-refractivity contribution in [2.75, 3.05) is 0 Å². The van der Waals surface area contributed by atoms with E-state index < -0.39 is 11.8 Å². The average molecular weight is 350 g/mol. The lowest BCUT2D eigenvalue weighted by atomic mass is 9.68. The van der Waals surface area contributed by atoms with Crippen LogP contribution in [0.4, 0.5) is 8.78 Å². The highest BCUT2D eigenvalue weighted by molar-refractivity contribution is 5.17. The van der Waals surface area contributed by atoms with Gasteiger partial charge in [0.15, 0.2) is 5.82 Å². The molecule has 0 saturated heterocycles. The summed E-state index contributed by atoms with van der Waals surface area (Å²) in [5.74, 6) is 1.32. The Balaban J connectivity index is 1.43. The monoisotopic (exact) mass is 349 g/mol. The van der Waals surface area contributed by atoms with Gasteiger partial charge in [-0.05, 0) is 73.8 Å². The molecule has 2 fully saturated rings. The molecule has 1 aromatic heterocycles. The SMILES string of the molecule is CCCCC[C@H]1CC[C@H](C2CCC(c3cnc(F)c(F)c3)CC2)CC1. The van der Waals surface area contributed by atoms with Crippen molar-refractivity contribution in [3.05, 3.63) is 29.6 Å². The quantitative estimate of drug-likeness (QED) is 0.397. The van der Waals surface area contributed by atoms with Crippen molar-refractivity contribution in [3.8, 4) is 0 Å². The standard InChI is InChI=1S/C22H33F2N/c1-2-3-4-5-16-6-8-17(9-7-16)18-10-12-19(13-11-18)20-14-21(23)22(24)25-15-20/h14-19H,2-13H2,1H3/t16-,17-,18?,19?. The number of halogens is 2. The lowest BCUT2D eigenvalue weighted by Gasteiger charge is -2.38. The van der Waals surface area contributed by atoms with Crippen LogP contribution in [0.2, 0.25) is 0 Å². The van der Waals surface area contributed by atoms with Gasteiger partial charge in [-0.2, -0.15) is 4.39 Å². The van der Waals surface area contributed by atoms with Crippen LogP contribution in [0.5, 0.6) is 0 Å². The van der Waals surface area contributed by atoms with E-state index in [1.807, 2.05) is 0 Å². The predicted molar refractivity (Wildman–Crippen MR) is 98.4 cm³/mol. The van der Waals surface area contributed by atoms with Gasteiger partial charge in [0.25, 0.3) is 0 Å². The molecular weight excluding hydrogens is 316 g/mol. The fourth-order valence-corrected chi connectivity index (χ4v) is 5.21. The number of hydrogen-bond acceptors (Lipinski definition) is 1. The second kappa shape index (κ2) is 9.09. The van der Waals surface area contributed by atoms with Crippen molar-refractivity contribution in [3.63, 3.8) is 0 Å². The third kappa shape index (κ3) is 5.01. The predicted octanol–water partition coefficient (Wildman–Crippen LogP) is 7.02. The van der Waals surface area contributed by atoms with Gasteiger partial charge in [-0.1, -0.05) is 45.4 Å². The third-order valence-electron chi connectivity index (χ3n) is 6.83. The van der Waals surface area contributed by atoms with E-state index >= 15 is 0 Å². The van der Waals surface area contributed by atoms with E-state index in [4.69, 9.17) is 0 Å². The molecule has 2 aliphatic carbocycles. The Kier molecular flexibility index (Phi) is 6.84. The lowest BCUT2D eigenvalue weighted by Crippen LogP contribution is -2.25.